The Kier molecular flexibility index (Phi) is 4.79. The van der Waals surface area contributed by atoms with Crippen LogP contribution in [0.5, 0.6) is 0 Å². The maximum absolute atomic E-state index is 5.49. The Bertz CT molecular complexity index is 377. The van der Waals surface area contributed by atoms with Crippen LogP contribution >= 0.6 is 0 Å². The minimum atomic E-state index is 0.423. The van der Waals surface area contributed by atoms with Gasteiger partial charge in [-0.25, -0.2) is 0 Å². The SMILES string of the molecule is COC1CCCC(N[C@@H](C)c2ccccc2C)C1. The number of hydrogen-bond donors (Lipinski definition) is 1. The van der Waals surface area contributed by atoms with E-state index in [0.717, 1.165) is 6.42 Å². The zero-order chi connectivity index (χ0) is 13.0. The van der Waals surface area contributed by atoms with E-state index in [4.69, 9.17) is 4.74 Å². The second kappa shape index (κ2) is 6.35. The summed E-state index contributed by atoms with van der Waals surface area (Å²) in [5.41, 5.74) is 2.79. The van der Waals surface area contributed by atoms with Crippen LogP contribution in [0.3, 0.4) is 0 Å². The third kappa shape index (κ3) is 3.33. The molecule has 0 aromatic heterocycles. The highest BCUT2D eigenvalue weighted by Crippen LogP contribution is 2.24. The second-order valence-electron chi connectivity index (χ2n) is 5.47. The fourth-order valence-corrected chi connectivity index (χ4v) is 3.03. The van der Waals surface area contributed by atoms with Gasteiger partial charge in [-0.15, -0.1) is 0 Å². The zero-order valence-electron chi connectivity index (χ0n) is 11.8. The molecule has 0 heterocycles. The highest BCUT2D eigenvalue weighted by atomic mass is 16.5. The van der Waals surface area contributed by atoms with E-state index in [9.17, 15) is 0 Å². The zero-order valence-corrected chi connectivity index (χ0v) is 11.8. The van der Waals surface area contributed by atoms with Crippen molar-refractivity contribution in [2.45, 2.75) is 57.7 Å². The van der Waals surface area contributed by atoms with Gasteiger partial charge >= 0.3 is 0 Å². The Balaban J connectivity index is 1.95. The highest BCUT2D eigenvalue weighted by molar-refractivity contribution is 5.28. The van der Waals surface area contributed by atoms with E-state index in [2.05, 4.69) is 43.4 Å². The van der Waals surface area contributed by atoms with E-state index < -0.39 is 0 Å². The average molecular weight is 247 g/mol. The summed E-state index contributed by atoms with van der Waals surface area (Å²) in [7, 11) is 1.83. The largest absolute Gasteiger partial charge is 0.381 e. The van der Waals surface area contributed by atoms with E-state index in [-0.39, 0.29) is 0 Å². The summed E-state index contributed by atoms with van der Waals surface area (Å²) < 4.78 is 5.49. The third-order valence-electron chi connectivity index (χ3n) is 4.10. The van der Waals surface area contributed by atoms with Crippen molar-refractivity contribution in [2.24, 2.45) is 0 Å². The molecule has 0 bridgehead atoms. The molecular formula is C16H25NO. The molecule has 100 valence electrons. The number of benzene rings is 1. The number of aryl methyl sites for hydroxylation is 1. The molecule has 1 N–H and O–H groups in total. The second-order valence-corrected chi connectivity index (χ2v) is 5.47. The number of ether oxygens (including phenoxy) is 1. The van der Waals surface area contributed by atoms with Crippen LogP contribution in [0.4, 0.5) is 0 Å². The summed E-state index contributed by atoms with van der Waals surface area (Å²) in [4.78, 5) is 0. The molecule has 3 atom stereocenters. The van der Waals surface area contributed by atoms with Gasteiger partial charge in [-0.05, 0) is 50.7 Å². The molecule has 0 spiro atoms. The summed E-state index contributed by atoms with van der Waals surface area (Å²) in [6, 6.07) is 9.66. The molecule has 1 aromatic rings. The molecule has 1 fully saturated rings. The van der Waals surface area contributed by atoms with Crippen LogP contribution in [0.25, 0.3) is 0 Å². The molecule has 2 unspecified atom stereocenters. The van der Waals surface area contributed by atoms with E-state index in [1.807, 2.05) is 7.11 Å². The fourth-order valence-electron chi connectivity index (χ4n) is 3.03. The van der Waals surface area contributed by atoms with Crippen molar-refractivity contribution in [2.75, 3.05) is 7.11 Å². The van der Waals surface area contributed by atoms with Gasteiger partial charge in [0.05, 0.1) is 6.10 Å². The summed E-state index contributed by atoms with van der Waals surface area (Å²) in [6.07, 6.45) is 5.35. The van der Waals surface area contributed by atoms with Crippen molar-refractivity contribution in [1.82, 2.24) is 5.32 Å². The van der Waals surface area contributed by atoms with Crippen molar-refractivity contribution in [1.29, 1.82) is 0 Å². The molecule has 18 heavy (non-hydrogen) atoms. The number of nitrogens with one attached hydrogen (secondary N) is 1. The molecule has 0 aliphatic heterocycles. The predicted octanol–water partition coefficient (Wildman–Crippen LogP) is 3.60. The molecule has 0 radical (unpaired) electrons. The fraction of sp³-hybridized carbons (Fsp3) is 0.625. The van der Waals surface area contributed by atoms with Crippen molar-refractivity contribution >= 4 is 0 Å². The summed E-state index contributed by atoms with van der Waals surface area (Å²) in [5, 5.41) is 3.76. The Labute approximate surface area is 111 Å². The highest BCUT2D eigenvalue weighted by Gasteiger charge is 2.23. The van der Waals surface area contributed by atoms with Gasteiger partial charge in [-0.2, -0.15) is 0 Å². The number of methoxy groups -OCH3 is 1. The lowest BCUT2D eigenvalue weighted by Gasteiger charge is -2.31. The molecule has 1 saturated carbocycles. The van der Waals surface area contributed by atoms with Crippen molar-refractivity contribution < 1.29 is 4.74 Å². The van der Waals surface area contributed by atoms with Gasteiger partial charge in [0.1, 0.15) is 0 Å². The molecule has 2 nitrogen and oxygen atoms in total. The summed E-state index contributed by atoms with van der Waals surface area (Å²) >= 11 is 0. The minimum Gasteiger partial charge on any atom is -0.381 e. The molecule has 1 aliphatic carbocycles. The van der Waals surface area contributed by atoms with Gasteiger partial charge in [-0.1, -0.05) is 24.3 Å². The van der Waals surface area contributed by atoms with Crippen LogP contribution in [0, 0.1) is 6.92 Å². The topological polar surface area (TPSA) is 21.3 Å². The van der Waals surface area contributed by atoms with Gasteiger partial charge < -0.3 is 10.1 Å². The Morgan fingerprint density at radius 3 is 2.78 bits per heavy atom. The molecular weight excluding hydrogens is 222 g/mol. The van der Waals surface area contributed by atoms with E-state index >= 15 is 0 Å². The standard InChI is InChI=1S/C16H25NO/c1-12-7-4-5-10-16(12)13(2)17-14-8-6-9-15(11-14)18-3/h4-5,7,10,13-15,17H,6,8-9,11H2,1-3H3/t13-,14?,15?/m0/s1. The smallest absolute Gasteiger partial charge is 0.0586 e. The van der Waals surface area contributed by atoms with Gasteiger partial charge in [0.25, 0.3) is 0 Å². The van der Waals surface area contributed by atoms with E-state index in [1.165, 1.54) is 30.4 Å². The lowest BCUT2D eigenvalue weighted by molar-refractivity contribution is 0.0572. The Hall–Kier alpha value is -0.860. The third-order valence-corrected chi connectivity index (χ3v) is 4.10. The summed E-state index contributed by atoms with van der Waals surface area (Å²) in [5.74, 6) is 0. The van der Waals surface area contributed by atoms with E-state index in [1.54, 1.807) is 0 Å². The molecule has 2 heteroatoms. The van der Waals surface area contributed by atoms with Gasteiger partial charge in [0.2, 0.25) is 0 Å². The first-order valence-electron chi connectivity index (χ1n) is 7.05. The Morgan fingerprint density at radius 1 is 1.28 bits per heavy atom. The van der Waals surface area contributed by atoms with Crippen LogP contribution < -0.4 is 5.32 Å². The quantitative estimate of drug-likeness (QED) is 0.877. The molecule has 1 aromatic carbocycles. The van der Waals surface area contributed by atoms with Crippen LogP contribution in [0.1, 0.15) is 49.8 Å². The van der Waals surface area contributed by atoms with Crippen LogP contribution in [-0.2, 0) is 4.74 Å². The maximum Gasteiger partial charge on any atom is 0.0586 e. The van der Waals surface area contributed by atoms with Crippen LogP contribution in [0.15, 0.2) is 24.3 Å². The first-order valence-corrected chi connectivity index (χ1v) is 7.05. The van der Waals surface area contributed by atoms with Gasteiger partial charge in [0, 0.05) is 19.2 Å². The minimum absolute atomic E-state index is 0.423. The van der Waals surface area contributed by atoms with Crippen molar-refractivity contribution in [3.63, 3.8) is 0 Å². The van der Waals surface area contributed by atoms with Gasteiger partial charge in [-0.3, -0.25) is 0 Å². The molecule has 2 rings (SSSR count). The monoisotopic (exact) mass is 247 g/mol. The van der Waals surface area contributed by atoms with Gasteiger partial charge in [0.15, 0.2) is 0 Å². The molecule has 0 saturated heterocycles. The number of rotatable bonds is 4. The normalized spacial score (nSPS) is 25.9. The van der Waals surface area contributed by atoms with E-state index in [0.29, 0.717) is 18.2 Å². The Morgan fingerprint density at radius 2 is 2.06 bits per heavy atom. The first kappa shape index (κ1) is 13.6. The average Bonchev–Trinajstić information content (AvgIpc) is 2.39. The van der Waals surface area contributed by atoms with Crippen molar-refractivity contribution in [3.05, 3.63) is 35.4 Å². The number of hydrogen-bond acceptors (Lipinski definition) is 2. The summed E-state index contributed by atoms with van der Waals surface area (Å²) in [6.45, 7) is 4.45. The lowest BCUT2D eigenvalue weighted by Crippen LogP contribution is -2.38. The first-order chi connectivity index (χ1) is 8.70. The van der Waals surface area contributed by atoms with Crippen LogP contribution in [0.2, 0.25) is 0 Å². The molecule has 0 amide bonds. The predicted molar refractivity (Wildman–Crippen MR) is 75.8 cm³/mol. The van der Waals surface area contributed by atoms with Crippen LogP contribution in [-0.4, -0.2) is 19.3 Å². The van der Waals surface area contributed by atoms with Crippen molar-refractivity contribution in [3.8, 4) is 0 Å². The maximum atomic E-state index is 5.49. The lowest BCUT2D eigenvalue weighted by atomic mass is 9.91. The molecule has 1 aliphatic rings.